The van der Waals surface area contributed by atoms with Crippen LogP contribution >= 0.6 is 11.8 Å². The molecular weight excluding hydrogens is 495 g/mol. The monoisotopic (exact) mass is 524 g/mol. The predicted molar refractivity (Wildman–Crippen MR) is 142 cm³/mol. The van der Waals surface area contributed by atoms with Gasteiger partial charge in [-0.05, 0) is 81.2 Å². The Balaban J connectivity index is 1.58. The van der Waals surface area contributed by atoms with Crippen molar-refractivity contribution in [1.29, 1.82) is 0 Å². The van der Waals surface area contributed by atoms with Gasteiger partial charge in [0.2, 0.25) is 0 Å². The molecule has 7 nitrogen and oxygen atoms in total. The van der Waals surface area contributed by atoms with Crippen LogP contribution in [0, 0.1) is 5.82 Å². The molecule has 194 valence electrons. The van der Waals surface area contributed by atoms with E-state index in [4.69, 9.17) is 9.47 Å². The molecule has 37 heavy (non-hydrogen) atoms. The normalized spacial score (nSPS) is 18.4. The zero-order valence-electron chi connectivity index (χ0n) is 21.1. The number of anilines is 1. The van der Waals surface area contributed by atoms with Crippen LogP contribution < -0.4 is 10.6 Å². The number of hydrogen-bond acceptors (Lipinski definition) is 6. The second-order valence-electron chi connectivity index (χ2n) is 9.19. The third kappa shape index (κ3) is 5.56. The van der Waals surface area contributed by atoms with Crippen LogP contribution in [0.5, 0.6) is 0 Å². The van der Waals surface area contributed by atoms with Gasteiger partial charge in [-0.3, -0.25) is 9.59 Å². The van der Waals surface area contributed by atoms with E-state index in [1.54, 1.807) is 49.0 Å². The van der Waals surface area contributed by atoms with Gasteiger partial charge in [-0.25, -0.2) is 9.18 Å². The Morgan fingerprint density at radius 3 is 2.59 bits per heavy atom. The van der Waals surface area contributed by atoms with Gasteiger partial charge in [0.15, 0.2) is 0 Å². The van der Waals surface area contributed by atoms with Gasteiger partial charge in [0.1, 0.15) is 23.2 Å². The van der Waals surface area contributed by atoms with Gasteiger partial charge in [-0.2, -0.15) is 11.8 Å². The second kappa shape index (κ2) is 10.8. The van der Waals surface area contributed by atoms with E-state index in [1.165, 1.54) is 12.1 Å². The number of thioether (sulfide) groups is 1. The van der Waals surface area contributed by atoms with E-state index >= 15 is 0 Å². The molecule has 0 radical (unpaired) electrons. The summed E-state index contributed by atoms with van der Waals surface area (Å²) >= 11 is 1.59. The number of carbonyl (C=O) groups is 3. The number of carbonyl (C=O) groups excluding carboxylic acids is 3. The highest BCUT2D eigenvalue weighted by atomic mass is 32.2. The molecule has 2 N–H and O–H groups in total. The Labute approximate surface area is 219 Å². The molecule has 2 amide bonds. The summed E-state index contributed by atoms with van der Waals surface area (Å²) in [7, 11) is 0. The fourth-order valence-corrected chi connectivity index (χ4v) is 4.85. The van der Waals surface area contributed by atoms with E-state index in [-0.39, 0.29) is 18.4 Å². The van der Waals surface area contributed by atoms with Crippen molar-refractivity contribution in [2.75, 3.05) is 23.9 Å². The molecule has 0 saturated heterocycles. The first-order valence-electron chi connectivity index (χ1n) is 12.0. The average Bonchev–Trinajstić information content (AvgIpc) is 3.35. The van der Waals surface area contributed by atoms with Gasteiger partial charge in [0.25, 0.3) is 11.8 Å². The molecule has 0 fully saturated rings. The number of amides is 2. The maximum atomic E-state index is 13.6. The SMILES string of the molecule is CCOC(=O)[C@H](CCSC)NC(=O)c1ccc(C2=C/C(=C3\C(=O)Nc4cc(F)ccc43)OC2(C)C)cc1. The molecule has 2 aliphatic heterocycles. The minimum Gasteiger partial charge on any atom is -0.482 e. The summed E-state index contributed by atoms with van der Waals surface area (Å²) in [4.78, 5) is 37.8. The number of allylic oxidation sites excluding steroid dienone is 1. The molecule has 2 aromatic carbocycles. The minimum absolute atomic E-state index is 0.244. The number of fused-ring (bicyclic) bond motifs is 1. The van der Waals surface area contributed by atoms with Gasteiger partial charge in [-0.15, -0.1) is 0 Å². The van der Waals surface area contributed by atoms with Crippen LogP contribution in [-0.4, -0.2) is 48.0 Å². The lowest BCUT2D eigenvalue weighted by molar-refractivity contribution is -0.145. The smallest absolute Gasteiger partial charge is 0.328 e. The third-order valence-corrected chi connectivity index (χ3v) is 6.85. The third-order valence-electron chi connectivity index (χ3n) is 6.21. The summed E-state index contributed by atoms with van der Waals surface area (Å²) in [6.07, 6.45) is 4.22. The number of ether oxygens (including phenoxy) is 2. The second-order valence-corrected chi connectivity index (χ2v) is 10.2. The van der Waals surface area contributed by atoms with Gasteiger partial charge in [0.05, 0.1) is 17.9 Å². The maximum Gasteiger partial charge on any atom is 0.328 e. The summed E-state index contributed by atoms with van der Waals surface area (Å²) < 4.78 is 24.9. The molecule has 9 heteroatoms. The maximum absolute atomic E-state index is 13.6. The Morgan fingerprint density at radius 2 is 1.92 bits per heavy atom. The lowest BCUT2D eigenvalue weighted by Crippen LogP contribution is -2.42. The molecule has 0 unspecified atom stereocenters. The van der Waals surface area contributed by atoms with E-state index in [0.717, 1.165) is 11.1 Å². The Morgan fingerprint density at radius 1 is 1.19 bits per heavy atom. The van der Waals surface area contributed by atoms with Crippen molar-refractivity contribution in [3.8, 4) is 0 Å². The van der Waals surface area contributed by atoms with E-state index in [9.17, 15) is 18.8 Å². The minimum atomic E-state index is -0.748. The number of nitrogens with one attached hydrogen (secondary N) is 2. The van der Waals surface area contributed by atoms with Crippen LogP contribution in [0.3, 0.4) is 0 Å². The summed E-state index contributed by atoms with van der Waals surface area (Å²) in [5, 5.41) is 5.46. The van der Waals surface area contributed by atoms with Crippen molar-refractivity contribution in [3.05, 3.63) is 76.8 Å². The molecule has 4 rings (SSSR count). The van der Waals surface area contributed by atoms with Crippen molar-refractivity contribution in [2.45, 2.75) is 38.8 Å². The highest BCUT2D eigenvalue weighted by molar-refractivity contribution is 7.98. The number of esters is 1. The molecule has 2 aromatic rings. The van der Waals surface area contributed by atoms with Crippen molar-refractivity contribution in [2.24, 2.45) is 0 Å². The van der Waals surface area contributed by atoms with E-state index in [2.05, 4.69) is 10.6 Å². The zero-order chi connectivity index (χ0) is 26.7. The highest BCUT2D eigenvalue weighted by Gasteiger charge is 2.38. The standard InChI is InChI=1S/C28H29FN2O5S/c1-5-35-27(34)21(12-13-37-4)30-25(32)17-8-6-16(7-9-17)20-15-23(36-28(20,2)3)24-19-11-10-18(29)14-22(19)31-26(24)33/h6-11,14-15,21H,5,12-13H2,1-4H3,(H,30,32)(H,31,33)/b24-23+/t21-/m0/s1. The fourth-order valence-electron chi connectivity index (χ4n) is 4.38. The summed E-state index contributed by atoms with van der Waals surface area (Å²) in [6, 6.07) is 10.4. The van der Waals surface area contributed by atoms with Crippen LogP contribution in [0.25, 0.3) is 11.1 Å². The van der Waals surface area contributed by atoms with Crippen molar-refractivity contribution < 1.29 is 28.2 Å². The predicted octanol–water partition coefficient (Wildman–Crippen LogP) is 4.80. The van der Waals surface area contributed by atoms with Crippen LogP contribution in [0.4, 0.5) is 10.1 Å². The number of halogens is 1. The van der Waals surface area contributed by atoms with Crippen molar-refractivity contribution in [1.82, 2.24) is 5.32 Å². The van der Waals surface area contributed by atoms with E-state index < -0.39 is 23.4 Å². The molecule has 0 aromatic heterocycles. The van der Waals surface area contributed by atoms with Crippen LogP contribution in [0.2, 0.25) is 0 Å². The van der Waals surface area contributed by atoms with Gasteiger partial charge in [0, 0.05) is 16.7 Å². The van der Waals surface area contributed by atoms with Crippen LogP contribution in [0.1, 0.15) is 48.7 Å². The quantitative estimate of drug-likeness (QED) is 0.381. The molecule has 0 spiro atoms. The van der Waals surface area contributed by atoms with Crippen molar-refractivity contribution in [3.63, 3.8) is 0 Å². The Hall–Kier alpha value is -3.59. The zero-order valence-corrected chi connectivity index (χ0v) is 22.0. The summed E-state index contributed by atoms with van der Waals surface area (Å²) in [5.41, 5.74) is 2.65. The number of rotatable bonds is 8. The van der Waals surface area contributed by atoms with Crippen LogP contribution in [-0.2, 0) is 19.1 Å². The molecule has 0 aliphatic carbocycles. The van der Waals surface area contributed by atoms with Gasteiger partial charge < -0.3 is 20.1 Å². The van der Waals surface area contributed by atoms with Gasteiger partial charge in [-0.1, -0.05) is 12.1 Å². The lowest BCUT2D eigenvalue weighted by Gasteiger charge is -2.23. The van der Waals surface area contributed by atoms with Gasteiger partial charge >= 0.3 is 5.97 Å². The summed E-state index contributed by atoms with van der Waals surface area (Å²) in [5.74, 6) is -0.491. The van der Waals surface area contributed by atoms with Crippen molar-refractivity contribution >= 4 is 46.4 Å². The molecule has 1 atom stereocenters. The molecule has 2 aliphatic rings. The number of benzene rings is 2. The molecule has 0 bridgehead atoms. The highest BCUT2D eigenvalue weighted by Crippen LogP contribution is 2.44. The Kier molecular flexibility index (Phi) is 7.73. The topological polar surface area (TPSA) is 93.7 Å². The van der Waals surface area contributed by atoms with E-state index in [0.29, 0.717) is 40.3 Å². The first-order chi connectivity index (χ1) is 17.6. The number of hydrogen-bond donors (Lipinski definition) is 2. The average molecular weight is 525 g/mol. The summed E-state index contributed by atoms with van der Waals surface area (Å²) in [6.45, 7) is 5.75. The molecule has 2 heterocycles. The fraction of sp³-hybridized carbons (Fsp3) is 0.321. The van der Waals surface area contributed by atoms with Crippen LogP contribution in [0.15, 0.2) is 54.3 Å². The van der Waals surface area contributed by atoms with E-state index in [1.807, 2.05) is 26.2 Å². The lowest BCUT2D eigenvalue weighted by atomic mass is 9.91. The Bertz CT molecular complexity index is 1300. The molecule has 0 saturated carbocycles. The largest absolute Gasteiger partial charge is 0.482 e. The first-order valence-corrected chi connectivity index (χ1v) is 13.4. The first kappa shape index (κ1) is 26.5. The molecular formula is C28H29FN2O5S.